The third-order valence-corrected chi connectivity index (χ3v) is 12.4. The molecule has 0 saturated carbocycles. The first-order chi connectivity index (χ1) is 27.7. The fraction of sp³-hybridized carbons (Fsp3) is 0.309. The predicted molar refractivity (Wildman–Crippen MR) is 259 cm³/mol. The van der Waals surface area contributed by atoms with Gasteiger partial charge in [-0.3, -0.25) is 0 Å². The van der Waals surface area contributed by atoms with Crippen LogP contribution in [0.4, 0.5) is 11.4 Å². The van der Waals surface area contributed by atoms with Crippen molar-refractivity contribution < 1.29 is 21.1 Å². The molecule has 2 aromatic heterocycles. The molecule has 1 aliphatic rings. The third kappa shape index (κ3) is 9.45. The summed E-state index contributed by atoms with van der Waals surface area (Å²) in [5, 5.41) is 2.36. The molecule has 0 bridgehead atoms. The minimum absolute atomic E-state index is 0. The Morgan fingerprint density at radius 2 is 1.21 bits per heavy atom. The van der Waals surface area contributed by atoms with Crippen LogP contribution in [-0.4, -0.2) is 16.2 Å². The number of benzene rings is 5. The topological polar surface area (TPSA) is 24.3 Å². The van der Waals surface area contributed by atoms with Crippen LogP contribution in [0.1, 0.15) is 99.8 Å². The van der Waals surface area contributed by atoms with Crippen molar-refractivity contribution in [3.05, 3.63) is 164 Å². The van der Waals surface area contributed by atoms with Gasteiger partial charge < -0.3 is 21.8 Å². The fourth-order valence-corrected chi connectivity index (χ4v) is 8.78. The Balaban J connectivity index is 0.00000311. The normalized spacial score (nSPS) is 13.7. The fourth-order valence-electron chi connectivity index (χ4n) is 7.91. The van der Waals surface area contributed by atoms with Crippen molar-refractivity contribution in [2.24, 2.45) is 5.41 Å². The number of aromatic nitrogens is 2. The van der Waals surface area contributed by atoms with Gasteiger partial charge in [-0.25, -0.2) is 4.98 Å². The van der Waals surface area contributed by atoms with E-state index in [9.17, 15) is 0 Å². The number of rotatable bonds is 6. The molecule has 7 aromatic rings. The molecule has 61 heavy (non-hydrogen) atoms. The van der Waals surface area contributed by atoms with Crippen LogP contribution < -0.4 is 9.80 Å². The summed E-state index contributed by atoms with van der Waals surface area (Å²) in [4.78, 5) is 11.9. The quantitative estimate of drug-likeness (QED) is 0.155. The van der Waals surface area contributed by atoms with Gasteiger partial charge in [0.25, 0.3) is 0 Å². The van der Waals surface area contributed by atoms with Crippen molar-refractivity contribution in [2.75, 3.05) is 16.5 Å². The summed E-state index contributed by atoms with van der Waals surface area (Å²) in [6, 6.07) is 47.7. The van der Waals surface area contributed by atoms with Gasteiger partial charge in [0, 0.05) is 55.8 Å². The van der Waals surface area contributed by atoms with E-state index in [1.807, 2.05) is 6.20 Å². The van der Waals surface area contributed by atoms with Crippen LogP contribution in [0.5, 0.6) is 0 Å². The second-order valence-corrected chi connectivity index (χ2v) is 21.3. The van der Waals surface area contributed by atoms with Crippen molar-refractivity contribution >= 4 is 44.9 Å². The zero-order chi connectivity index (χ0) is 42.1. The summed E-state index contributed by atoms with van der Waals surface area (Å²) in [7, 11) is 0. The summed E-state index contributed by atoms with van der Waals surface area (Å²) in [6.07, 6.45) is 4.30. The van der Waals surface area contributed by atoms with E-state index < -0.39 is 0 Å². The monoisotopic (exact) mass is 1000 g/mol. The molecule has 3 heterocycles. The van der Waals surface area contributed by atoms with E-state index in [-0.39, 0.29) is 50.2 Å². The van der Waals surface area contributed by atoms with Crippen LogP contribution in [0.25, 0.3) is 38.8 Å². The number of para-hydroxylation sites is 1. The Labute approximate surface area is 384 Å². The first-order valence-electron chi connectivity index (χ1n) is 20.9. The van der Waals surface area contributed by atoms with E-state index in [1.165, 1.54) is 39.0 Å². The van der Waals surface area contributed by atoms with Gasteiger partial charge in [0.15, 0.2) is 0 Å². The van der Waals surface area contributed by atoms with E-state index in [0.29, 0.717) is 6.67 Å². The number of anilines is 2. The zero-order valence-electron chi connectivity index (χ0n) is 38.3. The number of fused-ring (bicyclic) bond motifs is 3. The van der Waals surface area contributed by atoms with Crippen molar-refractivity contribution in [3.8, 4) is 16.9 Å². The predicted octanol–water partition coefficient (Wildman–Crippen LogP) is 15.1. The summed E-state index contributed by atoms with van der Waals surface area (Å²) in [5.41, 5.74) is 11.9. The zero-order valence-corrected chi connectivity index (χ0v) is 41.4. The van der Waals surface area contributed by atoms with Crippen molar-refractivity contribution in [2.45, 2.75) is 109 Å². The van der Waals surface area contributed by atoms with Crippen molar-refractivity contribution in [3.63, 3.8) is 0 Å². The average molecular weight is 1010 g/mol. The number of allylic oxidation sites excluding steroid dienone is 1. The average Bonchev–Trinajstić information content (AvgIpc) is 3.78. The molecule has 0 fully saturated rings. The molecule has 6 heteroatoms. The van der Waals surface area contributed by atoms with Gasteiger partial charge in [-0.2, -0.15) is 12.1 Å². The Kier molecular flexibility index (Phi) is 12.8. The van der Waals surface area contributed by atoms with Gasteiger partial charge in [-0.05, 0) is 74.2 Å². The maximum atomic E-state index is 4.91. The van der Waals surface area contributed by atoms with Gasteiger partial charge in [-0.1, -0.05) is 149 Å². The second kappa shape index (κ2) is 16.9. The Bertz CT molecular complexity index is 2680. The summed E-state index contributed by atoms with van der Waals surface area (Å²) in [6.45, 7) is 28.2. The van der Waals surface area contributed by atoms with Crippen molar-refractivity contribution in [1.29, 1.82) is 0 Å². The van der Waals surface area contributed by atoms with Crippen LogP contribution >= 0.6 is 11.8 Å². The van der Waals surface area contributed by atoms with E-state index in [4.69, 9.17) is 4.98 Å². The van der Waals surface area contributed by atoms with E-state index in [2.05, 4.69) is 225 Å². The van der Waals surface area contributed by atoms with Gasteiger partial charge in [0.1, 0.15) is 5.82 Å². The molecule has 0 amide bonds. The van der Waals surface area contributed by atoms with E-state index in [1.54, 1.807) is 11.8 Å². The molecule has 1 aliphatic heterocycles. The molecule has 0 saturated heterocycles. The summed E-state index contributed by atoms with van der Waals surface area (Å²) in [5.74, 6) is 0.907. The Morgan fingerprint density at radius 1 is 0.574 bits per heavy atom. The first-order valence-corrected chi connectivity index (χ1v) is 21.7. The molecule has 0 N–H and O–H groups in total. The van der Waals surface area contributed by atoms with Crippen LogP contribution in [0.3, 0.4) is 0 Å². The van der Waals surface area contributed by atoms with Crippen LogP contribution in [0.2, 0.25) is 0 Å². The number of pyridine rings is 1. The summed E-state index contributed by atoms with van der Waals surface area (Å²) < 4.78 is 2.28. The molecule has 0 atom stereocenters. The third-order valence-electron chi connectivity index (χ3n) is 11.5. The first kappa shape index (κ1) is 45.9. The SMILES string of the molecule is CC(C)(C)C1=CN(c2cc(C(C)(C)C)cc(C(C)(C)C)c2)CN1c1[c-]c(Sc2[c-]c3c(cc2)c2ccccc2n3-c2cc(C(C)(C)C)ccn2)cc(-c2ccccc2)c1.[CH3-].[Pt]. The maximum absolute atomic E-state index is 4.91. The molecule has 0 aliphatic carbocycles. The molecule has 0 spiro atoms. The minimum Gasteiger partial charge on any atom is -0.358 e. The van der Waals surface area contributed by atoms with Gasteiger partial charge in [0.2, 0.25) is 0 Å². The molecular weight excluding hydrogens is 944 g/mol. The molecule has 0 radical (unpaired) electrons. The number of hydrogen-bond acceptors (Lipinski definition) is 4. The second-order valence-electron chi connectivity index (χ2n) is 20.2. The molecule has 5 aromatic carbocycles. The van der Waals surface area contributed by atoms with E-state index in [0.717, 1.165) is 43.3 Å². The maximum Gasteiger partial charge on any atom is 0.135 e. The molecule has 4 nitrogen and oxygen atoms in total. The van der Waals surface area contributed by atoms with Gasteiger partial charge in [0.05, 0.1) is 6.67 Å². The standard InChI is InChI=1S/C54H58N4S.CH3.Pt/c1-51(2,3)38-24-25-55-50(31-38)58-47-21-17-16-20-45(47)46-23-22-43(33-48(46)58)59-44-27-37(36-18-14-13-15-19-36)26-42(32-44)57-35-56(34-49(57)54(10,11)12)41-29-39(52(4,5)6)28-40(30-41)53(7,8)9;;/h13-31,34H,35H2,1-12H3;1H3;/q-2;-1;. The minimum atomic E-state index is -0.113. The molecule has 0 unspecified atom stereocenters. The largest absolute Gasteiger partial charge is 0.358 e. The Morgan fingerprint density at radius 3 is 1.85 bits per heavy atom. The van der Waals surface area contributed by atoms with Crippen LogP contribution in [0, 0.1) is 25.0 Å². The van der Waals surface area contributed by atoms with Gasteiger partial charge >= 0.3 is 0 Å². The molecule has 8 rings (SSSR count). The Hall–Kier alpha value is -4.57. The number of hydrogen-bond donors (Lipinski definition) is 0. The summed E-state index contributed by atoms with van der Waals surface area (Å²) >= 11 is 1.72. The smallest absolute Gasteiger partial charge is 0.135 e. The van der Waals surface area contributed by atoms with Crippen molar-refractivity contribution in [1.82, 2.24) is 9.55 Å². The number of nitrogens with zero attached hydrogens (tertiary/aromatic N) is 4. The molecular formula is C55H61N4PtS-3. The van der Waals surface area contributed by atoms with E-state index >= 15 is 0 Å². The van der Waals surface area contributed by atoms with Gasteiger partial charge in [-0.15, -0.1) is 56.8 Å². The van der Waals surface area contributed by atoms with Crippen LogP contribution in [-0.2, 0) is 37.3 Å². The van der Waals surface area contributed by atoms with Crippen LogP contribution in [0.15, 0.2) is 137 Å². The molecule has 320 valence electrons.